The van der Waals surface area contributed by atoms with Crippen LogP contribution in [0.4, 0.5) is 0 Å². The molecule has 0 aliphatic rings. The number of hydrogen-bond acceptors (Lipinski definition) is 2. The molecule has 2 rings (SSSR count). The molecule has 3 nitrogen and oxygen atoms in total. The lowest BCUT2D eigenvalue weighted by Gasteiger charge is -2.03. The first-order valence-electron chi connectivity index (χ1n) is 4.01. The van der Waals surface area contributed by atoms with Crippen molar-refractivity contribution in [3.05, 3.63) is 38.8 Å². The predicted molar refractivity (Wildman–Crippen MR) is 63.8 cm³/mol. The van der Waals surface area contributed by atoms with Crippen molar-refractivity contribution in [2.45, 2.75) is 6.92 Å². The number of halogens is 2. The highest BCUT2D eigenvalue weighted by Crippen LogP contribution is 2.18. The van der Waals surface area contributed by atoms with Crippen molar-refractivity contribution in [3.63, 3.8) is 0 Å². The van der Waals surface area contributed by atoms with Gasteiger partial charge in [-0.1, -0.05) is 11.6 Å². The zero-order valence-corrected chi connectivity index (χ0v) is 10.3. The van der Waals surface area contributed by atoms with Gasteiger partial charge in [0.2, 0.25) is 0 Å². The van der Waals surface area contributed by atoms with Crippen molar-refractivity contribution in [2.24, 2.45) is 0 Å². The average molecular weight is 320 g/mol. The van der Waals surface area contributed by atoms with E-state index in [-0.39, 0.29) is 0 Å². The van der Waals surface area contributed by atoms with Gasteiger partial charge in [0.1, 0.15) is 3.70 Å². The van der Waals surface area contributed by atoms with E-state index in [2.05, 4.69) is 32.7 Å². The van der Waals surface area contributed by atoms with Crippen molar-refractivity contribution in [1.29, 1.82) is 0 Å². The molecule has 0 saturated carbocycles. The Morgan fingerprint density at radius 2 is 2.29 bits per heavy atom. The van der Waals surface area contributed by atoms with Crippen LogP contribution in [-0.2, 0) is 0 Å². The molecule has 0 N–H and O–H groups in total. The molecule has 72 valence electrons. The molecule has 5 heteroatoms. The van der Waals surface area contributed by atoms with Crippen LogP contribution in [0.2, 0.25) is 5.02 Å². The lowest BCUT2D eigenvalue weighted by molar-refractivity contribution is 0.810. The molecule has 0 aliphatic carbocycles. The van der Waals surface area contributed by atoms with Crippen LogP contribution < -0.4 is 0 Å². The van der Waals surface area contributed by atoms with Crippen molar-refractivity contribution < 1.29 is 0 Å². The number of nitrogens with zero attached hydrogens (tertiary/aromatic N) is 3. The largest absolute Gasteiger partial charge is 0.236 e. The van der Waals surface area contributed by atoms with Gasteiger partial charge in [0.05, 0.1) is 5.02 Å². The van der Waals surface area contributed by atoms with Crippen LogP contribution >= 0.6 is 34.2 Å². The zero-order valence-electron chi connectivity index (χ0n) is 7.41. The summed E-state index contributed by atoms with van der Waals surface area (Å²) >= 11 is 8.18. The Morgan fingerprint density at radius 1 is 1.50 bits per heavy atom. The normalized spacial score (nSPS) is 10.5. The molecule has 0 saturated heterocycles. The lowest BCUT2D eigenvalue weighted by atomic mass is 10.4. The number of rotatable bonds is 1. The highest BCUT2D eigenvalue weighted by atomic mass is 127. The Hall–Kier alpha value is -0.620. The summed E-state index contributed by atoms with van der Waals surface area (Å²) in [7, 11) is 0. The van der Waals surface area contributed by atoms with E-state index in [1.165, 1.54) is 0 Å². The van der Waals surface area contributed by atoms with Gasteiger partial charge in [-0.15, -0.1) is 0 Å². The second-order valence-electron chi connectivity index (χ2n) is 2.83. The molecule has 2 heterocycles. The summed E-state index contributed by atoms with van der Waals surface area (Å²) in [6.45, 7) is 1.97. The van der Waals surface area contributed by atoms with E-state index in [9.17, 15) is 0 Å². The van der Waals surface area contributed by atoms with E-state index in [1.807, 2.05) is 13.0 Å². The van der Waals surface area contributed by atoms with Gasteiger partial charge in [0.25, 0.3) is 0 Å². The van der Waals surface area contributed by atoms with Crippen molar-refractivity contribution >= 4 is 34.2 Å². The fraction of sp³-hybridized carbons (Fsp3) is 0.111. The van der Waals surface area contributed by atoms with Gasteiger partial charge < -0.3 is 0 Å². The molecule has 0 radical (unpaired) electrons. The third-order valence-electron chi connectivity index (χ3n) is 1.80. The molecule has 0 unspecified atom stereocenters. The van der Waals surface area contributed by atoms with Crippen molar-refractivity contribution in [1.82, 2.24) is 14.8 Å². The maximum Gasteiger partial charge on any atom is 0.172 e. The predicted octanol–water partition coefficient (Wildman–Crippen LogP) is 2.83. The van der Waals surface area contributed by atoms with Crippen LogP contribution in [0.3, 0.4) is 0 Å². The first kappa shape index (κ1) is 9.92. The third kappa shape index (κ3) is 1.76. The van der Waals surface area contributed by atoms with Crippen LogP contribution in [-0.4, -0.2) is 14.8 Å². The van der Waals surface area contributed by atoms with Crippen LogP contribution in [0.1, 0.15) is 5.69 Å². The monoisotopic (exact) mass is 319 g/mol. The first-order valence-corrected chi connectivity index (χ1v) is 5.47. The highest BCUT2D eigenvalue weighted by molar-refractivity contribution is 14.1. The summed E-state index contributed by atoms with van der Waals surface area (Å²) in [6, 6.07) is 5.58. The van der Waals surface area contributed by atoms with E-state index in [0.717, 1.165) is 9.39 Å². The van der Waals surface area contributed by atoms with Gasteiger partial charge in [-0.2, -0.15) is 5.10 Å². The van der Waals surface area contributed by atoms with Gasteiger partial charge in [-0.3, -0.25) is 0 Å². The topological polar surface area (TPSA) is 30.7 Å². The van der Waals surface area contributed by atoms with Crippen LogP contribution in [0, 0.1) is 10.6 Å². The number of pyridine rings is 1. The minimum atomic E-state index is 0.607. The summed E-state index contributed by atoms with van der Waals surface area (Å²) in [5.74, 6) is 0.676. The maximum absolute atomic E-state index is 6.01. The Labute approximate surface area is 100 Å². The SMILES string of the molecule is Cc1cc(I)nn1-c1ncccc1Cl. The summed E-state index contributed by atoms with van der Waals surface area (Å²) in [4.78, 5) is 4.19. The van der Waals surface area contributed by atoms with Crippen LogP contribution in [0.5, 0.6) is 0 Å². The van der Waals surface area contributed by atoms with Crippen LogP contribution in [0.25, 0.3) is 5.82 Å². The minimum absolute atomic E-state index is 0.607. The van der Waals surface area contributed by atoms with Crippen molar-refractivity contribution in [3.8, 4) is 5.82 Å². The van der Waals surface area contributed by atoms with E-state index in [4.69, 9.17) is 11.6 Å². The number of hydrogen-bond donors (Lipinski definition) is 0. The molecule has 2 aromatic heterocycles. The average Bonchev–Trinajstić information content (AvgIpc) is 2.46. The second kappa shape index (κ2) is 3.86. The zero-order chi connectivity index (χ0) is 10.1. The Morgan fingerprint density at radius 3 is 2.86 bits per heavy atom. The maximum atomic E-state index is 6.01. The molecule has 0 bridgehead atoms. The number of aryl methyl sites for hydroxylation is 1. The quantitative estimate of drug-likeness (QED) is 0.757. The molecule has 14 heavy (non-hydrogen) atoms. The lowest BCUT2D eigenvalue weighted by Crippen LogP contribution is -2.02. The molecule has 0 atom stereocenters. The summed E-state index contributed by atoms with van der Waals surface area (Å²) in [6.07, 6.45) is 1.70. The second-order valence-corrected chi connectivity index (χ2v) is 4.34. The molecule has 2 aromatic rings. The first-order chi connectivity index (χ1) is 6.68. The van der Waals surface area contributed by atoms with E-state index in [0.29, 0.717) is 10.8 Å². The van der Waals surface area contributed by atoms with Gasteiger partial charge in [-0.05, 0) is 47.7 Å². The van der Waals surface area contributed by atoms with E-state index in [1.54, 1.807) is 23.0 Å². The van der Waals surface area contributed by atoms with Gasteiger partial charge in [-0.25, -0.2) is 9.67 Å². The summed E-state index contributed by atoms with van der Waals surface area (Å²) in [5.41, 5.74) is 1.02. The molecule has 0 fully saturated rings. The molecule has 0 amide bonds. The number of aromatic nitrogens is 3. The highest BCUT2D eigenvalue weighted by Gasteiger charge is 2.08. The van der Waals surface area contributed by atoms with E-state index < -0.39 is 0 Å². The fourth-order valence-electron chi connectivity index (χ4n) is 1.18. The molecular weight excluding hydrogens is 312 g/mol. The Balaban J connectivity index is 2.60. The van der Waals surface area contributed by atoms with Gasteiger partial charge in [0.15, 0.2) is 5.82 Å². The minimum Gasteiger partial charge on any atom is -0.236 e. The van der Waals surface area contributed by atoms with Crippen molar-refractivity contribution in [2.75, 3.05) is 0 Å². The Kier molecular flexibility index (Phi) is 2.73. The molecule has 0 aromatic carbocycles. The van der Waals surface area contributed by atoms with E-state index >= 15 is 0 Å². The molecule has 0 spiro atoms. The standard InChI is InChI=1S/C9H7ClIN3/c1-6-5-8(11)13-14(6)9-7(10)3-2-4-12-9/h2-5H,1H3. The van der Waals surface area contributed by atoms with Gasteiger partial charge >= 0.3 is 0 Å². The Bertz CT molecular complexity index is 467. The van der Waals surface area contributed by atoms with Gasteiger partial charge in [0, 0.05) is 11.9 Å². The third-order valence-corrected chi connectivity index (χ3v) is 2.62. The van der Waals surface area contributed by atoms with Crippen LogP contribution in [0.15, 0.2) is 24.4 Å². The molecular formula is C9H7ClIN3. The summed E-state index contributed by atoms with van der Waals surface area (Å²) < 4.78 is 2.67. The molecule has 0 aliphatic heterocycles. The fourth-order valence-corrected chi connectivity index (χ4v) is 2.05. The summed E-state index contributed by atoms with van der Waals surface area (Å²) in [5, 5.41) is 4.90. The smallest absolute Gasteiger partial charge is 0.172 e.